The van der Waals surface area contributed by atoms with E-state index in [1.54, 1.807) is 30.6 Å². The van der Waals surface area contributed by atoms with Gasteiger partial charge in [-0.2, -0.15) is 0 Å². The van der Waals surface area contributed by atoms with Crippen LogP contribution in [0.5, 0.6) is 5.75 Å². The molecule has 1 aliphatic rings. The minimum absolute atomic E-state index is 0.244. The predicted octanol–water partition coefficient (Wildman–Crippen LogP) is 4.27. The summed E-state index contributed by atoms with van der Waals surface area (Å²) in [5.41, 5.74) is 1.34. The Morgan fingerprint density at radius 3 is 2.86 bits per heavy atom. The van der Waals surface area contributed by atoms with Crippen LogP contribution in [0.15, 0.2) is 29.3 Å². The van der Waals surface area contributed by atoms with Crippen LogP contribution in [-0.4, -0.2) is 40.1 Å². The fraction of sp³-hybridized carbons (Fsp3) is 0.500. The van der Waals surface area contributed by atoms with Gasteiger partial charge in [0.25, 0.3) is 0 Å². The highest BCUT2D eigenvalue weighted by Gasteiger charge is 2.32. The molecule has 1 aromatic rings. The number of methoxy groups -OCH3 is 1. The Kier molecular flexibility index (Phi) is 6.17. The van der Waals surface area contributed by atoms with Crippen LogP contribution in [0.4, 0.5) is 0 Å². The zero-order valence-corrected chi connectivity index (χ0v) is 15.9. The molecule has 6 heteroatoms. The lowest BCUT2D eigenvalue weighted by atomic mass is 9.96. The summed E-state index contributed by atoms with van der Waals surface area (Å²) in [7, 11) is 1.69. The molecule has 1 fully saturated rings. The van der Waals surface area contributed by atoms with Gasteiger partial charge in [0.1, 0.15) is 10.1 Å². The van der Waals surface area contributed by atoms with Crippen molar-refractivity contribution in [3.05, 3.63) is 29.8 Å². The van der Waals surface area contributed by atoms with E-state index < -0.39 is 0 Å². The van der Waals surface area contributed by atoms with E-state index in [1.807, 2.05) is 24.5 Å². The second-order valence-electron chi connectivity index (χ2n) is 5.92. The first-order valence-electron chi connectivity index (χ1n) is 7.11. The van der Waals surface area contributed by atoms with E-state index in [-0.39, 0.29) is 5.41 Å². The van der Waals surface area contributed by atoms with Gasteiger partial charge in [-0.15, -0.1) is 0 Å². The highest BCUT2D eigenvalue weighted by atomic mass is 32.2. The topological polar surface area (TPSA) is 24.8 Å². The maximum Gasteiger partial charge on any atom is 0.165 e. The molecule has 0 amide bonds. The molecule has 0 aromatic heterocycles. The first-order valence-corrected chi connectivity index (χ1v) is 9.73. The van der Waals surface area contributed by atoms with Gasteiger partial charge in [-0.3, -0.25) is 4.99 Å². The van der Waals surface area contributed by atoms with Crippen LogP contribution in [0.1, 0.15) is 19.4 Å². The number of thioether (sulfide) groups is 2. The zero-order chi connectivity index (χ0) is 16.2. The van der Waals surface area contributed by atoms with Gasteiger partial charge in [0.15, 0.2) is 5.17 Å². The maximum atomic E-state index is 5.50. The molecular formula is C16H22N2OS3. The van der Waals surface area contributed by atoms with Gasteiger partial charge in [-0.1, -0.05) is 67.8 Å². The Morgan fingerprint density at radius 1 is 1.45 bits per heavy atom. The van der Waals surface area contributed by atoms with Crippen molar-refractivity contribution in [1.29, 1.82) is 0 Å². The van der Waals surface area contributed by atoms with Crippen LogP contribution in [0.3, 0.4) is 0 Å². The third kappa shape index (κ3) is 4.40. The Bertz CT molecular complexity index is 572. The molecule has 1 heterocycles. The van der Waals surface area contributed by atoms with Crippen LogP contribution in [-0.2, 0) is 6.54 Å². The molecule has 0 bridgehead atoms. The van der Waals surface area contributed by atoms with Gasteiger partial charge >= 0.3 is 0 Å². The molecule has 0 aliphatic carbocycles. The maximum absolute atomic E-state index is 5.50. The molecule has 0 atom stereocenters. The first-order chi connectivity index (χ1) is 10.5. The number of thiocarbonyl (C=S) groups is 1. The molecule has 22 heavy (non-hydrogen) atoms. The van der Waals surface area contributed by atoms with Gasteiger partial charge in [0.05, 0.1) is 13.7 Å². The highest BCUT2D eigenvalue weighted by molar-refractivity contribution is 8.23. The van der Waals surface area contributed by atoms with Crippen molar-refractivity contribution in [2.75, 3.05) is 25.7 Å². The van der Waals surface area contributed by atoms with Crippen LogP contribution in [0.25, 0.3) is 0 Å². The number of aliphatic imine (C=N–C) groups is 1. The van der Waals surface area contributed by atoms with Crippen molar-refractivity contribution < 1.29 is 4.74 Å². The predicted molar refractivity (Wildman–Crippen MR) is 103 cm³/mol. The molecule has 1 aromatic carbocycles. The van der Waals surface area contributed by atoms with Crippen molar-refractivity contribution in [2.24, 2.45) is 10.4 Å². The molecule has 1 aliphatic heterocycles. The van der Waals surface area contributed by atoms with Gasteiger partial charge in [0, 0.05) is 17.9 Å². The van der Waals surface area contributed by atoms with Gasteiger partial charge in [0.2, 0.25) is 0 Å². The van der Waals surface area contributed by atoms with Crippen molar-refractivity contribution in [1.82, 2.24) is 4.90 Å². The smallest absolute Gasteiger partial charge is 0.165 e. The van der Waals surface area contributed by atoms with E-state index in [4.69, 9.17) is 21.9 Å². The van der Waals surface area contributed by atoms with Crippen LogP contribution >= 0.6 is 35.7 Å². The number of amidine groups is 1. The summed E-state index contributed by atoms with van der Waals surface area (Å²) in [6.45, 7) is 6.07. The lowest BCUT2D eigenvalue weighted by Crippen LogP contribution is -2.45. The summed E-state index contributed by atoms with van der Waals surface area (Å²) in [5.74, 6) is 1.94. The van der Waals surface area contributed by atoms with Crippen LogP contribution in [0.2, 0.25) is 0 Å². The number of rotatable bonds is 3. The SMILES string of the molecule is COc1ccccc1C/N=C1\SCC(C)(C)CN1C(=S)SC. The zero-order valence-electron chi connectivity index (χ0n) is 13.5. The monoisotopic (exact) mass is 354 g/mol. The molecule has 3 nitrogen and oxygen atoms in total. The van der Waals surface area contributed by atoms with E-state index >= 15 is 0 Å². The van der Waals surface area contributed by atoms with E-state index in [9.17, 15) is 0 Å². The first kappa shape index (κ1) is 17.6. The summed E-state index contributed by atoms with van der Waals surface area (Å²) in [6.07, 6.45) is 2.02. The molecule has 0 unspecified atom stereocenters. The van der Waals surface area contributed by atoms with E-state index in [0.29, 0.717) is 6.54 Å². The van der Waals surface area contributed by atoms with Crippen LogP contribution in [0, 0.1) is 5.41 Å². The van der Waals surface area contributed by atoms with Crippen LogP contribution < -0.4 is 4.74 Å². The Morgan fingerprint density at radius 2 is 2.18 bits per heavy atom. The van der Waals surface area contributed by atoms with Crippen molar-refractivity contribution in [3.8, 4) is 5.75 Å². The number of benzene rings is 1. The summed E-state index contributed by atoms with van der Waals surface area (Å²) < 4.78 is 6.28. The Labute approximate surface area is 146 Å². The van der Waals surface area contributed by atoms with E-state index in [2.05, 4.69) is 24.8 Å². The molecule has 0 radical (unpaired) electrons. The molecule has 0 N–H and O–H groups in total. The number of hydrogen-bond donors (Lipinski definition) is 0. The Balaban J connectivity index is 2.19. The summed E-state index contributed by atoms with van der Waals surface area (Å²) >= 11 is 8.90. The average molecular weight is 355 g/mol. The second kappa shape index (κ2) is 7.70. The van der Waals surface area contributed by atoms with E-state index in [0.717, 1.165) is 33.1 Å². The van der Waals surface area contributed by atoms with Gasteiger partial charge in [-0.25, -0.2) is 0 Å². The van der Waals surface area contributed by atoms with E-state index in [1.165, 1.54) is 0 Å². The minimum atomic E-state index is 0.244. The molecule has 0 spiro atoms. The number of para-hydroxylation sites is 1. The molecular weight excluding hydrogens is 332 g/mol. The highest BCUT2D eigenvalue weighted by Crippen LogP contribution is 2.33. The fourth-order valence-corrected chi connectivity index (χ4v) is 3.97. The quantitative estimate of drug-likeness (QED) is 0.755. The normalized spacial score (nSPS) is 19.3. The average Bonchev–Trinajstić information content (AvgIpc) is 2.52. The summed E-state index contributed by atoms with van der Waals surface area (Å²) in [4.78, 5) is 6.97. The van der Waals surface area contributed by atoms with Crippen molar-refractivity contribution in [2.45, 2.75) is 20.4 Å². The summed E-state index contributed by atoms with van der Waals surface area (Å²) in [5, 5.41) is 1.02. The Hall–Kier alpha value is -0.720. The lowest BCUT2D eigenvalue weighted by molar-refractivity contribution is 0.348. The second-order valence-corrected chi connectivity index (χ2v) is 8.30. The van der Waals surface area contributed by atoms with Crippen molar-refractivity contribution >= 4 is 45.2 Å². The summed E-state index contributed by atoms with van der Waals surface area (Å²) in [6, 6.07) is 8.01. The van der Waals surface area contributed by atoms with Gasteiger partial charge < -0.3 is 9.64 Å². The standard InChI is InChI=1S/C16H22N2OS3/c1-16(2)10-18(15(20)21-4)14(22-11-16)17-9-12-7-5-6-8-13(12)19-3/h5-8H,9-11H2,1-4H3/b17-14-. The molecule has 0 saturated carbocycles. The molecule has 2 rings (SSSR count). The number of hydrogen-bond acceptors (Lipinski definition) is 5. The molecule has 1 saturated heterocycles. The minimum Gasteiger partial charge on any atom is -0.496 e. The number of nitrogens with zero attached hydrogens (tertiary/aromatic N) is 2. The van der Waals surface area contributed by atoms with Crippen molar-refractivity contribution in [3.63, 3.8) is 0 Å². The third-order valence-corrected chi connectivity index (χ3v) is 6.20. The lowest BCUT2D eigenvalue weighted by Gasteiger charge is -2.39. The largest absolute Gasteiger partial charge is 0.496 e. The van der Waals surface area contributed by atoms with Gasteiger partial charge in [-0.05, 0) is 17.7 Å². The fourth-order valence-electron chi connectivity index (χ4n) is 2.25. The number of ether oxygens (including phenoxy) is 1. The molecule has 120 valence electrons. The third-order valence-electron chi connectivity index (χ3n) is 3.38.